The molecular weight excluding hydrogens is 286 g/mol. The van der Waals surface area contributed by atoms with Crippen molar-refractivity contribution in [2.45, 2.75) is 38.6 Å². The zero-order valence-corrected chi connectivity index (χ0v) is 12.7. The first kappa shape index (κ1) is 14.1. The Kier molecular flexibility index (Phi) is 3.68. The van der Waals surface area contributed by atoms with Gasteiger partial charge in [-0.2, -0.15) is 11.3 Å². The summed E-state index contributed by atoms with van der Waals surface area (Å²) in [5, 5.41) is 13.1. The third-order valence-electron chi connectivity index (χ3n) is 4.02. The summed E-state index contributed by atoms with van der Waals surface area (Å²) >= 11 is 1.50. The number of aryl methyl sites for hydroxylation is 1. The lowest BCUT2D eigenvalue weighted by atomic mass is 10.0. The molecule has 1 aliphatic rings. The van der Waals surface area contributed by atoms with Crippen molar-refractivity contribution in [3.8, 4) is 0 Å². The minimum Gasteiger partial charge on any atom is -0.481 e. The van der Waals surface area contributed by atoms with E-state index in [2.05, 4.69) is 6.92 Å². The molecule has 2 aromatic rings. The highest BCUT2D eigenvalue weighted by molar-refractivity contribution is 7.08. The highest BCUT2D eigenvalue weighted by atomic mass is 32.1. The van der Waals surface area contributed by atoms with Crippen molar-refractivity contribution >= 4 is 23.1 Å². The van der Waals surface area contributed by atoms with Crippen LogP contribution in [0.15, 0.2) is 22.9 Å². The van der Waals surface area contributed by atoms with E-state index in [1.165, 1.54) is 11.3 Å². The largest absolute Gasteiger partial charge is 0.481 e. The molecule has 0 aromatic carbocycles. The molecule has 0 saturated heterocycles. The summed E-state index contributed by atoms with van der Waals surface area (Å²) in [6.45, 7) is 2.68. The van der Waals surface area contributed by atoms with Crippen molar-refractivity contribution in [3.63, 3.8) is 0 Å². The summed E-state index contributed by atoms with van der Waals surface area (Å²) in [6, 6.07) is 3.75. The van der Waals surface area contributed by atoms with Crippen molar-refractivity contribution in [2.75, 3.05) is 0 Å². The van der Waals surface area contributed by atoms with Crippen LogP contribution in [0.4, 0.5) is 0 Å². The minimum atomic E-state index is -0.802. The lowest BCUT2D eigenvalue weighted by molar-refractivity contribution is -0.138. The molecule has 0 bridgehead atoms. The van der Waals surface area contributed by atoms with Gasteiger partial charge in [0.25, 0.3) is 0 Å². The monoisotopic (exact) mass is 303 g/mol. The summed E-state index contributed by atoms with van der Waals surface area (Å²) < 4.78 is 1.92. The van der Waals surface area contributed by atoms with Crippen LogP contribution in [0.25, 0.3) is 0 Å². The van der Waals surface area contributed by atoms with E-state index >= 15 is 0 Å². The SMILES string of the molecule is CCCc1cc2n(c1C(=O)c1ccsc1)CCC2C(=O)O. The third-order valence-corrected chi connectivity index (χ3v) is 4.71. The Bertz CT molecular complexity index is 685. The van der Waals surface area contributed by atoms with Gasteiger partial charge in [-0.15, -0.1) is 0 Å². The van der Waals surface area contributed by atoms with Gasteiger partial charge in [0.2, 0.25) is 5.78 Å². The number of carboxylic acid groups (broad SMARTS) is 1. The van der Waals surface area contributed by atoms with Gasteiger partial charge in [0.05, 0.1) is 11.6 Å². The highest BCUT2D eigenvalue weighted by Gasteiger charge is 2.33. The summed E-state index contributed by atoms with van der Waals surface area (Å²) in [5.74, 6) is -1.27. The second-order valence-electron chi connectivity index (χ2n) is 5.37. The van der Waals surface area contributed by atoms with Crippen LogP contribution in [-0.4, -0.2) is 21.4 Å². The van der Waals surface area contributed by atoms with Crippen molar-refractivity contribution in [3.05, 3.63) is 45.4 Å². The van der Waals surface area contributed by atoms with Gasteiger partial charge in [-0.1, -0.05) is 13.3 Å². The zero-order valence-electron chi connectivity index (χ0n) is 11.8. The Morgan fingerprint density at radius 2 is 2.29 bits per heavy atom. The van der Waals surface area contributed by atoms with E-state index in [1.54, 1.807) is 0 Å². The van der Waals surface area contributed by atoms with Gasteiger partial charge in [-0.3, -0.25) is 9.59 Å². The zero-order chi connectivity index (χ0) is 15.0. The molecule has 5 heteroatoms. The molecular formula is C16H17NO3S. The van der Waals surface area contributed by atoms with Gasteiger partial charge < -0.3 is 9.67 Å². The first-order valence-electron chi connectivity index (χ1n) is 7.15. The normalized spacial score (nSPS) is 16.9. The average Bonchev–Trinajstić information content (AvgIpc) is 3.13. The number of hydrogen-bond donors (Lipinski definition) is 1. The molecule has 21 heavy (non-hydrogen) atoms. The maximum Gasteiger partial charge on any atom is 0.312 e. The van der Waals surface area contributed by atoms with Gasteiger partial charge >= 0.3 is 5.97 Å². The fraction of sp³-hybridized carbons (Fsp3) is 0.375. The lowest BCUT2D eigenvalue weighted by Crippen LogP contribution is -2.11. The van der Waals surface area contributed by atoms with Crippen LogP contribution in [0.3, 0.4) is 0 Å². The van der Waals surface area contributed by atoms with Crippen molar-refractivity contribution in [1.29, 1.82) is 0 Å². The second kappa shape index (κ2) is 5.48. The quantitative estimate of drug-likeness (QED) is 0.862. The summed E-state index contributed by atoms with van der Waals surface area (Å²) in [4.78, 5) is 24.1. The summed E-state index contributed by atoms with van der Waals surface area (Å²) in [5.41, 5.74) is 3.14. The molecule has 0 spiro atoms. The van der Waals surface area contributed by atoms with Crippen LogP contribution >= 0.6 is 11.3 Å². The molecule has 0 aliphatic carbocycles. The first-order chi connectivity index (χ1) is 10.1. The number of fused-ring (bicyclic) bond motifs is 1. The lowest BCUT2D eigenvalue weighted by Gasteiger charge is -2.07. The van der Waals surface area contributed by atoms with Crippen LogP contribution in [0.2, 0.25) is 0 Å². The van der Waals surface area contributed by atoms with Gasteiger partial charge in [0.1, 0.15) is 0 Å². The van der Waals surface area contributed by atoms with Crippen LogP contribution < -0.4 is 0 Å². The molecule has 0 radical (unpaired) electrons. The average molecular weight is 303 g/mol. The van der Waals surface area contributed by atoms with Gasteiger partial charge in [0.15, 0.2) is 0 Å². The predicted octanol–water partition coefficient (Wildman–Crippen LogP) is 3.31. The van der Waals surface area contributed by atoms with E-state index in [0.717, 1.165) is 24.1 Å². The van der Waals surface area contributed by atoms with Gasteiger partial charge in [-0.05, 0) is 35.9 Å². The van der Waals surface area contributed by atoms with Crippen LogP contribution in [0.5, 0.6) is 0 Å². The number of aromatic nitrogens is 1. The number of carbonyl (C=O) groups is 2. The summed E-state index contributed by atoms with van der Waals surface area (Å²) in [6.07, 6.45) is 2.31. The van der Waals surface area contributed by atoms with Crippen molar-refractivity contribution < 1.29 is 14.7 Å². The van der Waals surface area contributed by atoms with Gasteiger partial charge in [0, 0.05) is 23.2 Å². The maximum atomic E-state index is 12.7. The number of carbonyl (C=O) groups excluding carboxylic acids is 1. The molecule has 2 aromatic heterocycles. The molecule has 0 fully saturated rings. The molecule has 3 heterocycles. The topological polar surface area (TPSA) is 59.3 Å². The molecule has 0 saturated carbocycles. The number of nitrogens with zero attached hydrogens (tertiary/aromatic N) is 1. The Balaban J connectivity index is 2.09. The van der Waals surface area contributed by atoms with E-state index in [1.807, 2.05) is 27.5 Å². The van der Waals surface area contributed by atoms with Crippen LogP contribution in [-0.2, 0) is 17.8 Å². The number of ketones is 1. The Hall–Kier alpha value is -1.88. The number of carboxylic acids is 1. The van der Waals surface area contributed by atoms with Crippen molar-refractivity contribution in [2.24, 2.45) is 0 Å². The molecule has 0 amide bonds. The standard InChI is InChI=1S/C16H17NO3S/c1-2-3-10-8-13-12(16(19)20)4-6-17(13)14(10)15(18)11-5-7-21-9-11/h5,7-9,12H,2-4,6H2,1H3,(H,19,20). The van der Waals surface area contributed by atoms with E-state index in [9.17, 15) is 14.7 Å². The Morgan fingerprint density at radius 1 is 1.48 bits per heavy atom. The molecule has 1 unspecified atom stereocenters. The minimum absolute atomic E-state index is 0.0111. The molecule has 1 aliphatic heterocycles. The Labute approximate surface area is 127 Å². The Morgan fingerprint density at radius 3 is 2.90 bits per heavy atom. The maximum absolute atomic E-state index is 12.7. The van der Waals surface area contributed by atoms with Crippen molar-refractivity contribution in [1.82, 2.24) is 4.57 Å². The molecule has 4 nitrogen and oxygen atoms in total. The number of rotatable bonds is 5. The molecule has 1 atom stereocenters. The smallest absolute Gasteiger partial charge is 0.312 e. The molecule has 1 N–H and O–H groups in total. The molecule has 110 valence electrons. The first-order valence-corrected chi connectivity index (χ1v) is 8.09. The van der Waals surface area contributed by atoms with E-state index in [-0.39, 0.29) is 5.78 Å². The second-order valence-corrected chi connectivity index (χ2v) is 6.15. The highest BCUT2D eigenvalue weighted by Crippen LogP contribution is 2.34. The third kappa shape index (κ3) is 2.31. The van der Waals surface area contributed by atoms with Crippen LogP contribution in [0.1, 0.15) is 53.0 Å². The van der Waals surface area contributed by atoms with Crippen LogP contribution in [0, 0.1) is 0 Å². The number of hydrogen-bond acceptors (Lipinski definition) is 3. The summed E-state index contributed by atoms with van der Waals surface area (Å²) in [7, 11) is 0. The molecule has 3 rings (SSSR count). The van der Waals surface area contributed by atoms with E-state index < -0.39 is 11.9 Å². The number of thiophene rings is 1. The fourth-order valence-corrected chi connectivity index (χ4v) is 3.71. The fourth-order valence-electron chi connectivity index (χ4n) is 3.07. The van der Waals surface area contributed by atoms with Gasteiger partial charge in [-0.25, -0.2) is 0 Å². The van der Waals surface area contributed by atoms with E-state index in [4.69, 9.17) is 0 Å². The predicted molar refractivity (Wildman–Crippen MR) is 81.2 cm³/mol. The number of aliphatic carboxylic acids is 1. The van der Waals surface area contributed by atoms with E-state index in [0.29, 0.717) is 24.2 Å².